The third-order valence-corrected chi connectivity index (χ3v) is 3.00. The number of hydrogen-bond acceptors (Lipinski definition) is 2. The molecule has 16 heavy (non-hydrogen) atoms. The number of carbonyl (C=O) groups is 1. The Balaban J connectivity index is 2.15. The second-order valence-electron chi connectivity index (χ2n) is 4.22. The quantitative estimate of drug-likeness (QED) is 0.781. The van der Waals surface area contributed by atoms with E-state index in [2.05, 4.69) is 11.9 Å². The second kappa shape index (κ2) is 5.10. The van der Waals surface area contributed by atoms with Crippen molar-refractivity contribution in [3.63, 3.8) is 0 Å². The molecule has 0 aliphatic carbocycles. The minimum atomic E-state index is 0.246. The van der Waals surface area contributed by atoms with Gasteiger partial charge < -0.3 is 4.90 Å². The summed E-state index contributed by atoms with van der Waals surface area (Å²) in [7, 11) is 0. The van der Waals surface area contributed by atoms with Crippen LogP contribution in [0.4, 0.5) is 5.69 Å². The Kier molecular flexibility index (Phi) is 3.54. The molecular weight excluding hydrogens is 200 g/mol. The van der Waals surface area contributed by atoms with E-state index in [1.54, 1.807) is 6.20 Å². The minimum absolute atomic E-state index is 0.246. The van der Waals surface area contributed by atoms with Crippen molar-refractivity contribution in [2.45, 2.75) is 39.0 Å². The van der Waals surface area contributed by atoms with Crippen LogP contribution in [0.25, 0.3) is 0 Å². The summed E-state index contributed by atoms with van der Waals surface area (Å²) in [5.41, 5.74) is 2.09. The maximum absolute atomic E-state index is 12.0. The van der Waals surface area contributed by atoms with E-state index in [4.69, 9.17) is 0 Å². The van der Waals surface area contributed by atoms with E-state index in [1.165, 1.54) is 0 Å². The Labute approximate surface area is 96.5 Å². The molecule has 0 saturated carbocycles. The summed E-state index contributed by atoms with van der Waals surface area (Å²) in [6.45, 7) is 2.96. The molecule has 0 aromatic carbocycles. The summed E-state index contributed by atoms with van der Waals surface area (Å²) in [6.07, 6.45) is 6.53. The first-order valence-electron chi connectivity index (χ1n) is 6.07. The Morgan fingerprint density at radius 2 is 2.44 bits per heavy atom. The Morgan fingerprint density at radius 3 is 3.25 bits per heavy atom. The van der Waals surface area contributed by atoms with Gasteiger partial charge in [0.1, 0.15) is 0 Å². The van der Waals surface area contributed by atoms with Gasteiger partial charge in [-0.25, -0.2) is 0 Å². The first-order valence-corrected chi connectivity index (χ1v) is 6.07. The van der Waals surface area contributed by atoms with Crippen LogP contribution in [0.2, 0.25) is 0 Å². The van der Waals surface area contributed by atoms with Crippen LogP contribution in [0.5, 0.6) is 0 Å². The van der Waals surface area contributed by atoms with Crippen LogP contribution in [0.15, 0.2) is 18.3 Å². The first kappa shape index (κ1) is 11.1. The van der Waals surface area contributed by atoms with Crippen LogP contribution in [0.3, 0.4) is 0 Å². The normalized spacial score (nSPS) is 14.7. The van der Waals surface area contributed by atoms with Crippen LogP contribution in [0.1, 0.15) is 38.3 Å². The number of hydrogen-bond donors (Lipinski definition) is 0. The summed E-state index contributed by atoms with van der Waals surface area (Å²) in [5.74, 6) is 0.246. The Hall–Kier alpha value is -1.38. The molecule has 0 saturated heterocycles. The summed E-state index contributed by atoms with van der Waals surface area (Å²) in [4.78, 5) is 18.3. The monoisotopic (exact) mass is 218 g/mol. The van der Waals surface area contributed by atoms with Gasteiger partial charge in [0.15, 0.2) is 0 Å². The lowest BCUT2D eigenvalue weighted by atomic mass is 10.1. The molecule has 0 atom stereocenters. The van der Waals surface area contributed by atoms with Gasteiger partial charge in [-0.1, -0.05) is 13.3 Å². The predicted octanol–water partition coefficient (Wildman–Crippen LogP) is 2.55. The predicted molar refractivity (Wildman–Crippen MR) is 64.4 cm³/mol. The third kappa shape index (κ3) is 2.23. The van der Waals surface area contributed by atoms with Crippen LogP contribution in [-0.2, 0) is 11.2 Å². The number of aryl methyl sites for hydroxylation is 1. The van der Waals surface area contributed by atoms with Gasteiger partial charge in [0.25, 0.3) is 0 Å². The number of nitrogens with zero attached hydrogens (tertiary/aromatic N) is 2. The van der Waals surface area contributed by atoms with E-state index < -0.39 is 0 Å². The zero-order chi connectivity index (χ0) is 11.4. The molecular formula is C13H18N2O. The SMILES string of the molecule is CCCCC(=O)N1CCCc2ncccc21. The fourth-order valence-electron chi connectivity index (χ4n) is 2.11. The second-order valence-corrected chi connectivity index (χ2v) is 4.22. The van der Waals surface area contributed by atoms with Gasteiger partial charge in [0.2, 0.25) is 5.91 Å². The van der Waals surface area contributed by atoms with E-state index >= 15 is 0 Å². The molecule has 1 amide bonds. The van der Waals surface area contributed by atoms with Crippen LogP contribution >= 0.6 is 0 Å². The van der Waals surface area contributed by atoms with Crippen molar-refractivity contribution in [1.82, 2.24) is 4.98 Å². The molecule has 1 aromatic heterocycles. The number of anilines is 1. The molecule has 1 aliphatic heterocycles. The third-order valence-electron chi connectivity index (χ3n) is 3.00. The molecule has 3 nitrogen and oxygen atoms in total. The van der Waals surface area contributed by atoms with Gasteiger partial charge in [-0.3, -0.25) is 9.78 Å². The molecule has 86 valence electrons. The van der Waals surface area contributed by atoms with Crippen molar-refractivity contribution in [2.24, 2.45) is 0 Å². The molecule has 0 fully saturated rings. The largest absolute Gasteiger partial charge is 0.311 e. The molecule has 1 aliphatic rings. The van der Waals surface area contributed by atoms with Crippen molar-refractivity contribution in [3.8, 4) is 0 Å². The van der Waals surface area contributed by atoms with Gasteiger partial charge in [-0.2, -0.15) is 0 Å². The lowest BCUT2D eigenvalue weighted by molar-refractivity contribution is -0.118. The van der Waals surface area contributed by atoms with Crippen LogP contribution < -0.4 is 4.90 Å². The topological polar surface area (TPSA) is 33.2 Å². The zero-order valence-corrected chi connectivity index (χ0v) is 9.78. The number of rotatable bonds is 3. The summed E-state index contributed by atoms with van der Waals surface area (Å²) in [6, 6.07) is 3.91. The summed E-state index contributed by atoms with van der Waals surface area (Å²) in [5, 5.41) is 0. The number of aromatic nitrogens is 1. The molecule has 0 unspecified atom stereocenters. The smallest absolute Gasteiger partial charge is 0.227 e. The van der Waals surface area contributed by atoms with Gasteiger partial charge in [-0.15, -0.1) is 0 Å². The average molecular weight is 218 g/mol. The van der Waals surface area contributed by atoms with Crippen molar-refractivity contribution in [1.29, 1.82) is 0 Å². The number of amides is 1. The van der Waals surface area contributed by atoms with Gasteiger partial charge in [-0.05, 0) is 31.4 Å². The first-order chi connectivity index (χ1) is 7.83. The lowest BCUT2D eigenvalue weighted by Gasteiger charge is -2.28. The highest BCUT2D eigenvalue weighted by molar-refractivity contribution is 5.94. The van der Waals surface area contributed by atoms with E-state index in [0.29, 0.717) is 6.42 Å². The van der Waals surface area contributed by atoms with Crippen LogP contribution in [-0.4, -0.2) is 17.4 Å². The summed E-state index contributed by atoms with van der Waals surface area (Å²) >= 11 is 0. The van der Waals surface area contributed by atoms with Crippen molar-refractivity contribution in [2.75, 3.05) is 11.4 Å². The molecule has 0 bridgehead atoms. The van der Waals surface area contributed by atoms with E-state index in [1.807, 2.05) is 17.0 Å². The van der Waals surface area contributed by atoms with Crippen molar-refractivity contribution in [3.05, 3.63) is 24.0 Å². The van der Waals surface area contributed by atoms with E-state index in [9.17, 15) is 4.79 Å². The van der Waals surface area contributed by atoms with E-state index in [-0.39, 0.29) is 5.91 Å². The molecule has 2 rings (SSSR count). The maximum atomic E-state index is 12.0. The molecule has 3 heteroatoms. The lowest BCUT2D eigenvalue weighted by Crippen LogP contribution is -2.35. The van der Waals surface area contributed by atoms with Gasteiger partial charge in [0, 0.05) is 19.2 Å². The highest BCUT2D eigenvalue weighted by Crippen LogP contribution is 2.25. The standard InChI is InChI=1S/C13H18N2O/c1-2-3-8-13(16)15-10-5-6-11-12(15)7-4-9-14-11/h4,7,9H,2-3,5-6,8,10H2,1H3. The number of carbonyl (C=O) groups excluding carboxylic acids is 1. The number of pyridine rings is 1. The maximum Gasteiger partial charge on any atom is 0.227 e. The Bertz CT molecular complexity index is 376. The average Bonchev–Trinajstić information content (AvgIpc) is 2.35. The van der Waals surface area contributed by atoms with Crippen LogP contribution in [0, 0.1) is 0 Å². The van der Waals surface area contributed by atoms with E-state index in [0.717, 1.165) is 43.6 Å². The molecule has 0 radical (unpaired) electrons. The number of unbranched alkanes of at least 4 members (excludes halogenated alkanes) is 1. The molecule has 1 aromatic rings. The fraction of sp³-hybridized carbons (Fsp3) is 0.538. The number of fused-ring (bicyclic) bond motifs is 1. The highest BCUT2D eigenvalue weighted by atomic mass is 16.2. The van der Waals surface area contributed by atoms with Gasteiger partial charge in [0.05, 0.1) is 11.4 Å². The van der Waals surface area contributed by atoms with Crippen molar-refractivity contribution >= 4 is 11.6 Å². The van der Waals surface area contributed by atoms with Gasteiger partial charge >= 0.3 is 0 Å². The molecule has 0 N–H and O–H groups in total. The Morgan fingerprint density at radius 1 is 1.56 bits per heavy atom. The molecule has 0 spiro atoms. The zero-order valence-electron chi connectivity index (χ0n) is 9.78. The fourth-order valence-corrected chi connectivity index (χ4v) is 2.11. The highest BCUT2D eigenvalue weighted by Gasteiger charge is 2.22. The summed E-state index contributed by atoms with van der Waals surface area (Å²) < 4.78 is 0. The molecule has 2 heterocycles. The van der Waals surface area contributed by atoms with Crippen molar-refractivity contribution < 1.29 is 4.79 Å². The minimum Gasteiger partial charge on any atom is -0.311 e.